The third-order valence-corrected chi connectivity index (χ3v) is 4.53. The highest BCUT2D eigenvalue weighted by atomic mass is 35.5. The Bertz CT molecular complexity index is 1120. The van der Waals surface area contributed by atoms with E-state index in [0.29, 0.717) is 11.1 Å². The molecule has 0 aliphatic rings. The number of benzene rings is 3. The van der Waals surface area contributed by atoms with Crippen LogP contribution in [0.25, 0.3) is 22.2 Å². The Hall–Kier alpha value is -2.85. The molecule has 5 heteroatoms. The molecule has 0 atom stereocenters. The molecular formula is C20H14ClFN2O. The second-order valence-corrected chi connectivity index (χ2v) is 6.23. The standard InChI is InChI=1S/C20H14ClFN2O/c21-16-8-4-7-15(19(16)22)12-24-18-10-9-14(11-17(18)23-20(24)25)13-5-2-1-3-6-13/h1-11H,12H2,(H,23,25). The number of aromatic nitrogens is 2. The average molecular weight is 353 g/mol. The molecule has 0 spiro atoms. The molecule has 4 aromatic rings. The minimum absolute atomic E-state index is 0.0526. The van der Waals surface area contributed by atoms with Crippen molar-refractivity contribution >= 4 is 22.6 Å². The highest BCUT2D eigenvalue weighted by Gasteiger charge is 2.12. The molecular weight excluding hydrogens is 339 g/mol. The number of H-pyrrole nitrogens is 1. The van der Waals surface area contributed by atoms with Gasteiger partial charge in [0.15, 0.2) is 0 Å². The van der Waals surface area contributed by atoms with Crippen molar-refractivity contribution in [2.75, 3.05) is 0 Å². The van der Waals surface area contributed by atoms with Gasteiger partial charge in [0.1, 0.15) is 5.82 Å². The predicted octanol–water partition coefficient (Wildman–Crippen LogP) is 4.84. The van der Waals surface area contributed by atoms with Gasteiger partial charge in [-0.05, 0) is 29.3 Å². The van der Waals surface area contributed by atoms with E-state index in [1.165, 1.54) is 10.6 Å². The van der Waals surface area contributed by atoms with Gasteiger partial charge in [-0.25, -0.2) is 9.18 Å². The molecule has 1 aromatic heterocycles. The van der Waals surface area contributed by atoms with Crippen LogP contribution in [0.1, 0.15) is 5.56 Å². The van der Waals surface area contributed by atoms with Gasteiger partial charge < -0.3 is 4.98 Å². The first-order valence-electron chi connectivity index (χ1n) is 7.84. The molecule has 3 aromatic carbocycles. The molecule has 25 heavy (non-hydrogen) atoms. The Balaban J connectivity index is 1.79. The molecule has 0 aliphatic heterocycles. The summed E-state index contributed by atoms with van der Waals surface area (Å²) in [5.41, 5.74) is 3.62. The number of nitrogens with zero attached hydrogens (tertiary/aromatic N) is 1. The van der Waals surface area contributed by atoms with E-state index in [1.807, 2.05) is 48.5 Å². The van der Waals surface area contributed by atoms with Crippen molar-refractivity contribution < 1.29 is 4.39 Å². The summed E-state index contributed by atoms with van der Waals surface area (Å²) >= 11 is 5.83. The van der Waals surface area contributed by atoms with Gasteiger partial charge in [0.25, 0.3) is 0 Å². The molecule has 0 saturated carbocycles. The van der Waals surface area contributed by atoms with Crippen molar-refractivity contribution in [2.45, 2.75) is 6.54 Å². The second kappa shape index (κ2) is 6.22. The van der Waals surface area contributed by atoms with Crippen LogP contribution in [0.3, 0.4) is 0 Å². The number of hydrogen-bond donors (Lipinski definition) is 1. The highest BCUT2D eigenvalue weighted by Crippen LogP contribution is 2.24. The first-order valence-corrected chi connectivity index (χ1v) is 8.22. The van der Waals surface area contributed by atoms with Crippen molar-refractivity contribution in [3.8, 4) is 11.1 Å². The van der Waals surface area contributed by atoms with E-state index in [0.717, 1.165) is 16.6 Å². The molecule has 1 heterocycles. The SMILES string of the molecule is O=c1[nH]c2cc(-c3ccccc3)ccc2n1Cc1cccc(Cl)c1F. The molecule has 0 saturated heterocycles. The van der Waals surface area contributed by atoms with Gasteiger partial charge in [-0.1, -0.05) is 60.1 Å². The fourth-order valence-corrected chi connectivity index (χ4v) is 3.17. The Morgan fingerprint density at radius 1 is 0.960 bits per heavy atom. The van der Waals surface area contributed by atoms with Gasteiger partial charge in [0, 0.05) is 5.56 Å². The average Bonchev–Trinajstić information content (AvgIpc) is 2.94. The zero-order chi connectivity index (χ0) is 17.4. The number of hydrogen-bond acceptors (Lipinski definition) is 1. The van der Waals surface area contributed by atoms with Crippen LogP contribution in [0.4, 0.5) is 4.39 Å². The molecule has 0 bridgehead atoms. The van der Waals surface area contributed by atoms with Crippen molar-refractivity contribution in [3.63, 3.8) is 0 Å². The summed E-state index contributed by atoms with van der Waals surface area (Å²) in [7, 11) is 0. The summed E-state index contributed by atoms with van der Waals surface area (Å²) in [5, 5.41) is 0.0526. The van der Waals surface area contributed by atoms with Crippen LogP contribution >= 0.6 is 11.6 Å². The van der Waals surface area contributed by atoms with Gasteiger partial charge in [-0.3, -0.25) is 4.57 Å². The lowest BCUT2D eigenvalue weighted by atomic mass is 10.1. The smallest absolute Gasteiger partial charge is 0.306 e. The topological polar surface area (TPSA) is 37.8 Å². The third kappa shape index (κ3) is 2.85. The summed E-state index contributed by atoms with van der Waals surface area (Å²) in [4.78, 5) is 15.2. The van der Waals surface area contributed by atoms with Gasteiger partial charge >= 0.3 is 5.69 Å². The lowest BCUT2D eigenvalue weighted by Crippen LogP contribution is -2.18. The van der Waals surface area contributed by atoms with Gasteiger partial charge in [-0.2, -0.15) is 0 Å². The number of nitrogens with one attached hydrogen (secondary N) is 1. The quantitative estimate of drug-likeness (QED) is 0.563. The molecule has 4 rings (SSSR count). The van der Waals surface area contributed by atoms with Gasteiger partial charge in [0.2, 0.25) is 0 Å². The van der Waals surface area contributed by atoms with Gasteiger partial charge in [0.05, 0.1) is 22.6 Å². The second-order valence-electron chi connectivity index (χ2n) is 5.83. The van der Waals surface area contributed by atoms with E-state index in [-0.39, 0.29) is 17.3 Å². The highest BCUT2D eigenvalue weighted by molar-refractivity contribution is 6.30. The number of imidazole rings is 1. The van der Waals surface area contributed by atoms with Crippen LogP contribution in [0.15, 0.2) is 71.5 Å². The molecule has 0 radical (unpaired) electrons. The molecule has 124 valence electrons. The van der Waals surface area contributed by atoms with Crippen LogP contribution in [0.5, 0.6) is 0 Å². The van der Waals surface area contributed by atoms with Crippen LogP contribution in [-0.4, -0.2) is 9.55 Å². The Morgan fingerprint density at radius 3 is 2.56 bits per heavy atom. The number of aromatic amines is 1. The predicted molar refractivity (Wildman–Crippen MR) is 98.5 cm³/mol. The fraction of sp³-hybridized carbons (Fsp3) is 0.0500. The van der Waals surface area contributed by atoms with E-state index in [1.54, 1.807) is 12.1 Å². The fourth-order valence-electron chi connectivity index (χ4n) is 2.97. The van der Waals surface area contributed by atoms with Crippen LogP contribution in [0.2, 0.25) is 5.02 Å². The first-order chi connectivity index (χ1) is 12.1. The van der Waals surface area contributed by atoms with E-state index < -0.39 is 5.82 Å². The Morgan fingerprint density at radius 2 is 1.76 bits per heavy atom. The first kappa shape index (κ1) is 15.7. The lowest BCUT2D eigenvalue weighted by Gasteiger charge is -2.07. The zero-order valence-electron chi connectivity index (χ0n) is 13.2. The summed E-state index contributed by atoms with van der Waals surface area (Å²) in [6.45, 7) is 0.121. The van der Waals surface area contributed by atoms with Crippen LogP contribution in [-0.2, 0) is 6.54 Å². The van der Waals surface area contributed by atoms with Gasteiger partial charge in [-0.15, -0.1) is 0 Å². The van der Waals surface area contributed by atoms with Crippen molar-refractivity contribution in [1.82, 2.24) is 9.55 Å². The largest absolute Gasteiger partial charge is 0.326 e. The number of halogens is 2. The van der Waals surface area contributed by atoms with Crippen molar-refractivity contribution in [3.05, 3.63) is 93.6 Å². The van der Waals surface area contributed by atoms with Crippen molar-refractivity contribution in [2.24, 2.45) is 0 Å². The Labute approximate surface area is 148 Å². The monoisotopic (exact) mass is 352 g/mol. The molecule has 0 unspecified atom stereocenters. The maximum absolute atomic E-state index is 14.2. The maximum atomic E-state index is 14.2. The minimum atomic E-state index is -0.494. The molecule has 3 nitrogen and oxygen atoms in total. The molecule has 0 fully saturated rings. The summed E-state index contributed by atoms with van der Waals surface area (Å²) in [6, 6.07) is 20.5. The zero-order valence-corrected chi connectivity index (χ0v) is 13.9. The summed E-state index contributed by atoms with van der Waals surface area (Å²) in [5.74, 6) is -0.494. The van der Waals surface area contributed by atoms with E-state index in [4.69, 9.17) is 11.6 Å². The minimum Gasteiger partial charge on any atom is -0.306 e. The van der Waals surface area contributed by atoms with Crippen molar-refractivity contribution in [1.29, 1.82) is 0 Å². The molecule has 0 amide bonds. The Kier molecular flexibility index (Phi) is 3.90. The van der Waals surface area contributed by atoms with E-state index in [9.17, 15) is 9.18 Å². The van der Waals surface area contributed by atoms with E-state index >= 15 is 0 Å². The maximum Gasteiger partial charge on any atom is 0.326 e. The summed E-state index contributed by atoms with van der Waals surface area (Å²) < 4.78 is 15.7. The normalized spacial score (nSPS) is 11.1. The molecule has 1 N–H and O–H groups in total. The van der Waals surface area contributed by atoms with Crippen LogP contribution in [0, 0.1) is 5.82 Å². The number of rotatable bonds is 3. The third-order valence-electron chi connectivity index (χ3n) is 4.24. The lowest BCUT2D eigenvalue weighted by molar-refractivity contribution is 0.599. The summed E-state index contributed by atoms with van der Waals surface area (Å²) in [6.07, 6.45) is 0. The number of fused-ring (bicyclic) bond motifs is 1. The van der Waals surface area contributed by atoms with Crippen LogP contribution < -0.4 is 5.69 Å². The molecule has 0 aliphatic carbocycles. The van der Waals surface area contributed by atoms with E-state index in [2.05, 4.69) is 4.98 Å².